The van der Waals surface area contributed by atoms with Crippen LogP contribution in [0.1, 0.15) is 12.5 Å². The molecule has 0 saturated heterocycles. The first-order chi connectivity index (χ1) is 12.3. The van der Waals surface area contributed by atoms with Gasteiger partial charge >= 0.3 is 11.6 Å². The number of ether oxygens (including phenoxy) is 2. The third-order valence-electron chi connectivity index (χ3n) is 3.67. The average Bonchev–Trinajstić information content (AvgIpc) is 2.56. The van der Waals surface area contributed by atoms with E-state index in [4.69, 9.17) is 37.1 Å². The highest BCUT2D eigenvalue weighted by Crippen LogP contribution is 2.29. The maximum Gasteiger partial charge on any atom is 0.352 e. The van der Waals surface area contributed by atoms with E-state index in [-0.39, 0.29) is 5.75 Å². The molecule has 26 heavy (non-hydrogen) atoms. The lowest BCUT2D eigenvalue weighted by atomic mass is 10.1. The van der Waals surface area contributed by atoms with Crippen LogP contribution in [0.3, 0.4) is 0 Å². The van der Waals surface area contributed by atoms with Gasteiger partial charge in [0.2, 0.25) is 0 Å². The summed E-state index contributed by atoms with van der Waals surface area (Å²) in [6.07, 6.45) is -0.908. The van der Waals surface area contributed by atoms with Gasteiger partial charge in [-0.15, -0.1) is 0 Å². The molecule has 3 aromatic rings. The summed E-state index contributed by atoms with van der Waals surface area (Å²) in [5.41, 5.74) is 0.658. The van der Waals surface area contributed by atoms with Gasteiger partial charge in [-0.2, -0.15) is 0 Å². The molecule has 7 heteroatoms. The number of fused-ring (bicyclic) bond motifs is 1. The lowest BCUT2D eigenvalue weighted by Gasteiger charge is -2.15. The second-order valence-corrected chi connectivity index (χ2v) is 6.51. The van der Waals surface area contributed by atoms with E-state index in [1.807, 2.05) is 0 Å². The quantitative estimate of drug-likeness (QED) is 0.363. The smallest absolute Gasteiger partial charge is 0.352 e. The van der Waals surface area contributed by atoms with Gasteiger partial charge in [0.1, 0.15) is 17.1 Å². The van der Waals surface area contributed by atoms with Crippen molar-refractivity contribution in [2.45, 2.75) is 20.0 Å². The van der Waals surface area contributed by atoms with E-state index in [2.05, 4.69) is 0 Å². The summed E-state index contributed by atoms with van der Waals surface area (Å²) < 4.78 is 16.0. The molecule has 0 amide bonds. The van der Waals surface area contributed by atoms with Crippen LogP contribution in [0.4, 0.5) is 0 Å². The molecule has 5 nitrogen and oxygen atoms in total. The fraction of sp³-hybridized carbons (Fsp3) is 0.158. The number of aryl methyl sites for hydroxylation is 1. The third-order valence-corrected chi connectivity index (χ3v) is 4.20. The molecular formula is C19H14Cl2O5. The summed E-state index contributed by atoms with van der Waals surface area (Å²) in [4.78, 5) is 23.7. The Labute approximate surface area is 159 Å². The molecule has 0 aliphatic carbocycles. The molecule has 0 bridgehead atoms. The van der Waals surface area contributed by atoms with Crippen LogP contribution >= 0.6 is 23.2 Å². The lowest BCUT2D eigenvalue weighted by molar-refractivity contribution is -0.141. The first-order valence-electron chi connectivity index (χ1n) is 7.71. The van der Waals surface area contributed by atoms with Gasteiger partial charge in [0, 0.05) is 22.5 Å². The van der Waals surface area contributed by atoms with Crippen molar-refractivity contribution in [3.63, 3.8) is 0 Å². The maximum absolute atomic E-state index is 12.3. The topological polar surface area (TPSA) is 65.7 Å². The highest BCUT2D eigenvalue weighted by atomic mass is 35.5. The molecule has 1 aromatic heterocycles. The third kappa shape index (κ3) is 4.00. The Balaban J connectivity index is 1.76. The zero-order chi connectivity index (χ0) is 18.8. The number of hydrogen-bond donors (Lipinski definition) is 0. The Morgan fingerprint density at radius 3 is 2.62 bits per heavy atom. The van der Waals surface area contributed by atoms with Crippen LogP contribution in [0.5, 0.6) is 11.5 Å². The van der Waals surface area contributed by atoms with E-state index in [9.17, 15) is 9.59 Å². The minimum atomic E-state index is -0.908. The zero-order valence-electron chi connectivity index (χ0n) is 13.9. The number of esters is 1. The van der Waals surface area contributed by atoms with E-state index in [1.165, 1.54) is 18.2 Å². The number of benzene rings is 2. The largest absolute Gasteiger partial charge is 0.477 e. The van der Waals surface area contributed by atoms with Gasteiger partial charge in [-0.3, -0.25) is 0 Å². The Hall–Kier alpha value is -2.50. The molecule has 0 spiro atoms. The Kier molecular flexibility index (Phi) is 5.20. The molecule has 0 fully saturated rings. The highest BCUT2D eigenvalue weighted by Gasteiger charge is 2.19. The highest BCUT2D eigenvalue weighted by molar-refractivity contribution is 6.35. The van der Waals surface area contributed by atoms with Crippen molar-refractivity contribution in [3.8, 4) is 11.5 Å². The summed E-state index contributed by atoms with van der Waals surface area (Å²) in [5.74, 6) is -0.0556. The summed E-state index contributed by atoms with van der Waals surface area (Å²) in [6, 6.07) is 10.9. The molecule has 1 atom stereocenters. The minimum absolute atomic E-state index is 0.244. The fourth-order valence-corrected chi connectivity index (χ4v) is 2.83. The standard InChI is InChI=1S/C19H14Cl2O5/c1-10-7-18(22)26-17-9-13(4-5-14(10)17)25-19(23)11(2)24-16-6-3-12(20)8-15(16)21/h3-9,11H,1-2H3/t11-/m0/s1. The summed E-state index contributed by atoms with van der Waals surface area (Å²) in [6.45, 7) is 3.34. The Bertz CT molecular complexity index is 1040. The van der Waals surface area contributed by atoms with Crippen LogP contribution in [0.15, 0.2) is 51.7 Å². The van der Waals surface area contributed by atoms with Crippen molar-refractivity contribution in [1.29, 1.82) is 0 Å². The maximum atomic E-state index is 12.3. The lowest BCUT2D eigenvalue weighted by Crippen LogP contribution is -2.28. The van der Waals surface area contributed by atoms with E-state index >= 15 is 0 Å². The van der Waals surface area contributed by atoms with Gasteiger partial charge in [0.15, 0.2) is 6.10 Å². The van der Waals surface area contributed by atoms with Crippen LogP contribution in [-0.2, 0) is 4.79 Å². The molecule has 0 aliphatic rings. The van der Waals surface area contributed by atoms with Crippen LogP contribution in [-0.4, -0.2) is 12.1 Å². The van der Waals surface area contributed by atoms with Crippen molar-refractivity contribution < 1.29 is 18.7 Å². The number of carbonyl (C=O) groups excluding carboxylic acids is 1. The van der Waals surface area contributed by atoms with Crippen LogP contribution in [0.25, 0.3) is 11.0 Å². The van der Waals surface area contributed by atoms with Crippen molar-refractivity contribution in [1.82, 2.24) is 0 Å². The van der Waals surface area contributed by atoms with Crippen LogP contribution in [0.2, 0.25) is 10.0 Å². The molecule has 134 valence electrons. The van der Waals surface area contributed by atoms with Crippen LogP contribution < -0.4 is 15.1 Å². The molecule has 0 saturated carbocycles. The van der Waals surface area contributed by atoms with Gasteiger partial charge in [-0.05, 0) is 49.7 Å². The second kappa shape index (κ2) is 7.40. The molecule has 3 rings (SSSR count). The van der Waals surface area contributed by atoms with Gasteiger partial charge in [-0.25, -0.2) is 9.59 Å². The molecule has 1 heterocycles. The fourth-order valence-electron chi connectivity index (χ4n) is 2.38. The SMILES string of the molecule is Cc1cc(=O)oc2cc(OC(=O)[C@H](C)Oc3ccc(Cl)cc3Cl)ccc12. The van der Waals surface area contributed by atoms with Crippen molar-refractivity contribution in [3.05, 3.63) is 68.5 Å². The Morgan fingerprint density at radius 1 is 1.12 bits per heavy atom. The minimum Gasteiger partial charge on any atom is -0.477 e. The predicted octanol–water partition coefficient (Wildman–Crippen LogP) is 4.78. The number of hydrogen-bond acceptors (Lipinski definition) is 5. The predicted molar refractivity (Wildman–Crippen MR) is 99.4 cm³/mol. The zero-order valence-corrected chi connectivity index (χ0v) is 15.4. The summed E-state index contributed by atoms with van der Waals surface area (Å²) >= 11 is 11.9. The van der Waals surface area contributed by atoms with Gasteiger partial charge in [-0.1, -0.05) is 23.2 Å². The van der Waals surface area contributed by atoms with E-state index in [0.29, 0.717) is 21.4 Å². The van der Waals surface area contributed by atoms with E-state index in [1.54, 1.807) is 38.1 Å². The summed E-state index contributed by atoms with van der Waals surface area (Å²) in [5, 5.41) is 1.52. The van der Waals surface area contributed by atoms with Crippen molar-refractivity contribution >= 4 is 40.1 Å². The first-order valence-corrected chi connectivity index (χ1v) is 8.47. The normalized spacial score (nSPS) is 12.0. The second-order valence-electron chi connectivity index (χ2n) is 5.66. The number of rotatable bonds is 4. The molecule has 0 radical (unpaired) electrons. The Morgan fingerprint density at radius 2 is 1.88 bits per heavy atom. The molecular weight excluding hydrogens is 379 g/mol. The number of halogens is 2. The molecule has 0 unspecified atom stereocenters. The molecule has 2 aromatic carbocycles. The number of carbonyl (C=O) groups is 1. The van der Waals surface area contributed by atoms with E-state index in [0.717, 1.165) is 10.9 Å². The monoisotopic (exact) mass is 392 g/mol. The summed E-state index contributed by atoms with van der Waals surface area (Å²) in [7, 11) is 0. The van der Waals surface area contributed by atoms with Crippen molar-refractivity contribution in [2.24, 2.45) is 0 Å². The molecule has 0 aliphatic heterocycles. The van der Waals surface area contributed by atoms with Gasteiger partial charge in [0.05, 0.1) is 5.02 Å². The van der Waals surface area contributed by atoms with E-state index < -0.39 is 17.7 Å². The molecule has 0 N–H and O–H groups in total. The van der Waals surface area contributed by atoms with Gasteiger partial charge in [0.25, 0.3) is 0 Å². The van der Waals surface area contributed by atoms with Gasteiger partial charge < -0.3 is 13.9 Å². The average molecular weight is 393 g/mol. The van der Waals surface area contributed by atoms with Crippen LogP contribution in [0, 0.1) is 6.92 Å². The first kappa shape index (κ1) is 18.3. The van der Waals surface area contributed by atoms with Crippen molar-refractivity contribution in [2.75, 3.05) is 0 Å².